The van der Waals surface area contributed by atoms with E-state index in [4.69, 9.17) is 0 Å². The van der Waals surface area contributed by atoms with Crippen molar-refractivity contribution < 1.29 is 9.18 Å². The molecule has 21 heavy (non-hydrogen) atoms. The van der Waals surface area contributed by atoms with Crippen LogP contribution in [0.15, 0.2) is 35.1 Å². The molecule has 6 heteroatoms. The Labute approximate surface area is 123 Å². The van der Waals surface area contributed by atoms with Crippen molar-refractivity contribution in [3.05, 3.63) is 62.8 Å². The van der Waals surface area contributed by atoms with Gasteiger partial charge in [-0.25, -0.2) is 9.37 Å². The van der Waals surface area contributed by atoms with E-state index in [-0.39, 0.29) is 23.3 Å². The number of ketones is 1. The summed E-state index contributed by atoms with van der Waals surface area (Å²) < 4.78 is 13.1. The second-order valence-electron chi connectivity index (χ2n) is 4.70. The molecule has 0 fully saturated rings. The first-order chi connectivity index (χ1) is 10.0. The average Bonchev–Trinajstić information content (AvgIpc) is 2.80. The second-order valence-corrected chi connectivity index (χ2v) is 5.93. The van der Waals surface area contributed by atoms with Crippen LogP contribution in [0.2, 0.25) is 0 Å². The number of benzene rings is 1. The summed E-state index contributed by atoms with van der Waals surface area (Å²) in [6, 6.07) is 7.23. The van der Waals surface area contributed by atoms with Gasteiger partial charge in [0.1, 0.15) is 16.5 Å². The second kappa shape index (κ2) is 5.21. The zero-order valence-corrected chi connectivity index (χ0v) is 12.0. The molecule has 0 saturated carbocycles. The SMILES string of the molecule is Cc1cc2c(=O)[nH]c(CC(=O)c3cccc(F)c3)nc2s1. The third-order valence-corrected chi connectivity index (χ3v) is 3.99. The summed E-state index contributed by atoms with van der Waals surface area (Å²) in [7, 11) is 0. The number of rotatable bonds is 3. The monoisotopic (exact) mass is 302 g/mol. The fraction of sp³-hybridized carbons (Fsp3) is 0.133. The Balaban J connectivity index is 1.94. The molecule has 0 atom stereocenters. The Morgan fingerprint density at radius 1 is 1.38 bits per heavy atom. The molecule has 0 aliphatic carbocycles. The highest BCUT2D eigenvalue weighted by Crippen LogP contribution is 2.20. The minimum Gasteiger partial charge on any atom is -0.310 e. The molecule has 0 saturated heterocycles. The van der Waals surface area contributed by atoms with Crippen LogP contribution >= 0.6 is 11.3 Å². The van der Waals surface area contributed by atoms with Crippen LogP contribution in [0.3, 0.4) is 0 Å². The highest BCUT2D eigenvalue weighted by Gasteiger charge is 2.12. The van der Waals surface area contributed by atoms with Crippen molar-refractivity contribution in [2.24, 2.45) is 0 Å². The number of carbonyl (C=O) groups is 1. The first kappa shape index (κ1) is 13.6. The summed E-state index contributed by atoms with van der Waals surface area (Å²) in [5.41, 5.74) is 0.00602. The van der Waals surface area contributed by atoms with Gasteiger partial charge in [-0.3, -0.25) is 9.59 Å². The molecule has 2 aromatic heterocycles. The highest BCUT2D eigenvalue weighted by molar-refractivity contribution is 7.18. The van der Waals surface area contributed by atoms with E-state index in [9.17, 15) is 14.0 Å². The number of H-pyrrole nitrogens is 1. The molecule has 0 radical (unpaired) electrons. The predicted molar refractivity (Wildman–Crippen MR) is 79.4 cm³/mol. The molecule has 0 amide bonds. The molecular formula is C15H11FN2O2S. The summed E-state index contributed by atoms with van der Waals surface area (Å²) >= 11 is 1.40. The molecule has 0 unspecified atom stereocenters. The molecule has 3 aromatic rings. The lowest BCUT2D eigenvalue weighted by Crippen LogP contribution is -2.14. The van der Waals surface area contributed by atoms with Crippen LogP contribution in [0.1, 0.15) is 21.1 Å². The van der Waals surface area contributed by atoms with E-state index >= 15 is 0 Å². The van der Waals surface area contributed by atoms with E-state index in [1.54, 1.807) is 6.07 Å². The number of Topliss-reactive ketones (excluding diaryl/α,β-unsaturated/α-hetero) is 1. The third kappa shape index (κ3) is 2.75. The summed E-state index contributed by atoms with van der Waals surface area (Å²) in [5, 5.41) is 0.527. The molecule has 106 valence electrons. The molecule has 4 nitrogen and oxygen atoms in total. The van der Waals surface area contributed by atoms with Crippen molar-refractivity contribution in [1.82, 2.24) is 9.97 Å². The summed E-state index contributed by atoms with van der Waals surface area (Å²) in [6.45, 7) is 1.89. The van der Waals surface area contributed by atoms with Crippen LogP contribution in [0, 0.1) is 12.7 Å². The number of hydrogen-bond donors (Lipinski definition) is 1. The van der Waals surface area contributed by atoms with Crippen LogP contribution in [0.4, 0.5) is 4.39 Å². The Hall–Kier alpha value is -2.34. The number of hydrogen-bond acceptors (Lipinski definition) is 4. The number of thiophene rings is 1. The predicted octanol–water partition coefficient (Wildman–Crippen LogP) is 2.86. The minimum absolute atomic E-state index is 0.0639. The number of nitrogens with one attached hydrogen (secondary N) is 1. The van der Waals surface area contributed by atoms with Gasteiger partial charge in [0.2, 0.25) is 0 Å². The van der Waals surface area contributed by atoms with Gasteiger partial charge in [-0.15, -0.1) is 11.3 Å². The molecule has 0 spiro atoms. The maximum absolute atomic E-state index is 13.1. The largest absolute Gasteiger partial charge is 0.310 e. The lowest BCUT2D eigenvalue weighted by Gasteiger charge is -2.01. The lowest BCUT2D eigenvalue weighted by molar-refractivity contribution is 0.0990. The van der Waals surface area contributed by atoms with Crippen molar-refractivity contribution in [2.45, 2.75) is 13.3 Å². The first-order valence-electron chi connectivity index (χ1n) is 6.31. The third-order valence-electron chi connectivity index (χ3n) is 3.05. The molecule has 1 N–H and O–H groups in total. The van der Waals surface area contributed by atoms with Crippen molar-refractivity contribution in [2.75, 3.05) is 0 Å². The van der Waals surface area contributed by atoms with Crippen LogP contribution in [-0.2, 0) is 6.42 Å². The van der Waals surface area contributed by atoms with Gasteiger partial charge < -0.3 is 4.98 Å². The molecule has 0 bridgehead atoms. The Morgan fingerprint density at radius 2 is 2.19 bits per heavy atom. The zero-order chi connectivity index (χ0) is 15.0. The van der Waals surface area contributed by atoms with Crippen molar-refractivity contribution in [3.8, 4) is 0 Å². The zero-order valence-electron chi connectivity index (χ0n) is 11.1. The standard InChI is InChI=1S/C15H11FN2O2S/c1-8-5-11-14(20)17-13(18-15(11)21-8)7-12(19)9-3-2-4-10(16)6-9/h2-6H,7H2,1H3,(H,17,18,20). The van der Waals surface area contributed by atoms with Crippen LogP contribution < -0.4 is 5.56 Å². The number of fused-ring (bicyclic) bond motifs is 1. The number of aromatic amines is 1. The summed E-state index contributed by atoms with van der Waals surface area (Å²) in [4.78, 5) is 32.5. The number of halogens is 1. The van der Waals surface area contributed by atoms with E-state index in [0.29, 0.717) is 16.0 Å². The number of nitrogens with zero attached hydrogens (tertiary/aromatic N) is 1. The number of aryl methyl sites for hydroxylation is 1. The van der Waals surface area contributed by atoms with Crippen molar-refractivity contribution in [3.63, 3.8) is 0 Å². The van der Waals surface area contributed by atoms with Crippen LogP contribution in [0.5, 0.6) is 0 Å². The number of aromatic nitrogens is 2. The van der Waals surface area contributed by atoms with Crippen LogP contribution in [0.25, 0.3) is 10.2 Å². The Morgan fingerprint density at radius 3 is 2.95 bits per heavy atom. The van der Waals surface area contributed by atoms with Gasteiger partial charge in [0.15, 0.2) is 5.78 Å². The Kier molecular flexibility index (Phi) is 3.39. The molecule has 0 aliphatic heterocycles. The fourth-order valence-corrected chi connectivity index (χ4v) is 3.00. The number of carbonyl (C=O) groups excluding carboxylic acids is 1. The van der Waals surface area contributed by atoms with Gasteiger partial charge in [0, 0.05) is 10.4 Å². The highest BCUT2D eigenvalue weighted by atomic mass is 32.1. The molecule has 1 aromatic carbocycles. The average molecular weight is 302 g/mol. The van der Waals surface area contributed by atoms with Crippen molar-refractivity contribution >= 4 is 27.3 Å². The summed E-state index contributed by atoms with van der Waals surface area (Å²) in [5.74, 6) is -0.458. The normalized spacial score (nSPS) is 11.0. The van der Waals surface area contributed by atoms with Gasteiger partial charge in [-0.05, 0) is 25.1 Å². The van der Waals surface area contributed by atoms with E-state index in [2.05, 4.69) is 9.97 Å². The molecular weight excluding hydrogens is 291 g/mol. The quantitative estimate of drug-likeness (QED) is 0.757. The van der Waals surface area contributed by atoms with E-state index < -0.39 is 5.82 Å². The smallest absolute Gasteiger partial charge is 0.259 e. The fourth-order valence-electron chi connectivity index (χ4n) is 2.10. The van der Waals surface area contributed by atoms with Crippen LogP contribution in [-0.4, -0.2) is 15.8 Å². The molecule has 2 heterocycles. The van der Waals surface area contributed by atoms with Gasteiger partial charge in [-0.1, -0.05) is 12.1 Å². The molecule has 0 aliphatic rings. The molecule has 3 rings (SSSR count). The van der Waals surface area contributed by atoms with E-state index in [1.165, 1.54) is 35.6 Å². The Bertz CT molecular complexity index is 898. The topological polar surface area (TPSA) is 62.8 Å². The minimum atomic E-state index is -0.466. The lowest BCUT2D eigenvalue weighted by atomic mass is 10.1. The first-order valence-corrected chi connectivity index (χ1v) is 7.13. The van der Waals surface area contributed by atoms with Crippen molar-refractivity contribution in [1.29, 1.82) is 0 Å². The van der Waals surface area contributed by atoms with E-state index in [1.807, 2.05) is 6.92 Å². The maximum atomic E-state index is 13.1. The maximum Gasteiger partial charge on any atom is 0.259 e. The summed E-state index contributed by atoms with van der Waals surface area (Å²) in [6.07, 6.45) is -0.0639. The van der Waals surface area contributed by atoms with Gasteiger partial charge >= 0.3 is 0 Å². The van der Waals surface area contributed by atoms with Gasteiger partial charge in [-0.2, -0.15) is 0 Å². The van der Waals surface area contributed by atoms with E-state index in [0.717, 1.165) is 4.88 Å². The van der Waals surface area contributed by atoms with Gasteiger partial charge in [0.25, 0.3) is 5.56 Å². The van der Waals surface area contributed by atoms with Gasteiger partial charge in [0.05, 0.1) is 11.8 Å².